The first-order valence-electron chi connectivity index (χ1n) is 5.90. The Kier molecular flexibility index (Phi) is 3.73. The molecule has 2 rings (SSSR count). The van der Waals surface area contributed by atoms with Gasteiger partial charge in [0.15, 0.2) is 0 Å². The van der Waals surface area contributed by atoms with Gasteiger partial charge >= 0.3 is 5.97 Å². The summed E-state index contributed by atoms with van der Waals surface area (Å²) >= 11 is 0. The van der Waals surface area contributed by atoms with Crippen LogP contribution in [0, 0.1) is 6.92 Å². The van der Waals surface area contributed by atoms with E-state index in [1.807, 2.05) is 11.8 Å². The monoisotopic (exact) mass is 239 g/mol. The van der Waals surface area contributed by atoms with Gasteiger partial charge in [-0.1, -0.05) is 23.2 Å². The van der Waals surface area contributed by atoms with Crippen LogP contribution >= 0.6 is 0 Å². The lowest BCUT2D eigenvalue weighted by Gasteiger charge is -2.25. The quantitative estimate of drug-likeness (QED) is 0.831. The maximum Gasteiger partial charge on any atom is 0.317 e. The molecule has 17 heavy (non-hydrogen) atoms. The lowest BCUT2D eigenvalue weighted by Crippen LogP contribution is -2.37. The van der Waals surface area contributed by atoms with Crippen LogP contribution in [0.2, 0.25) is 0 Å². The zero-order valence-electron chi connectivity index (χ0n) is 9.93. The van der Waals surface area contributed by atoms with E-state index in [2.05, 4.69) is 14.9 Å². The average molecular weight is 239 g/mol. The Balaban J connectivity index is 2.04. The normalized spacial score (nSPS) is 16.8. The lowest BCUT2D eigenvalue weighted by molar-refractivity contribution is -0.139. The van der Waals surface area contributed by atoms with Gasteiger partial charge in [0.25, 0.3) is 0 Å². The number of aryl methyl sites for hydroxylation is 1. The van der Waals surface area contributed by atoms with Crippen molar-refractivity contribution in [1.82, 2.24) is 15.2 Å². The predicted octanol–water partition coefficient (Wildman–Crippen LogP) is 1.21. The third-order valence-electron chi connectivity index (χ3n) is 3.28. The Morgan fingerprint density at radius 3 is 2.71 bits per heavy atom. The van der Waals surface area contributed by atoms with Gasteiger partial charge in [0, 0.05) is 12.6 Å². The summed E-state index contributed by atoms with van der Waals surface area (Å²) in [4.78, 5) is 12.8. The number of rotatable bonds is 5. The summed E-state index contributed by atoms with van der Waals surface area (Å²) in [7, 11) is 0. The highest BCUT2D eigenvalue weighted by molar-refractivity contribution is 5.69. The molecule has 1 aliphatic rings. The number of carboxylic acid groups (broad SMARTS) is 1. The molecule has 0 unspecified atom stereocenters. The second-order valence-electron chi connectivity index (χ2n) is 4.53. The van der Waals surface area contributed by atoms with Gasteiger partial charge in [0.05, 0.1) is 6.54 Å². The van der Waals surface area contributed by atoms with Gasteiger partial charge in [-0.15, -0.1) is 0 Å². The van der Waals surface area contributed by atoms with E-state index < -0.39 is 5.97 Å². The standard InChI is InChI=1S/C11H17N3O3/c1-8-10(13-17-12-8)6-14(7-11(15)16)9-4-2-3-5-9/h9H,2-7H2,1H3,(H,15,16). The summed E-state index contributed by atoms with van der Waals surface area (Å²) in [5.41, 5.74) is 1.47. The second-order valence-corrected chi connectivity index (χ2v) is 4.53. The number of hydrogen-bond acceptors (Lipinski definition) is 5. The summed E-state index contributed by atoms with van der Waals surface area (Å²) in [6.45, 7) is 2.38. The number of carbonyl (C=O) groups is 1. The molecule has 1 aromatic rings. The van der Waals surface area contributed by atoms with E-state index in [1.54, 1.807) is 0 Å². The van der Waals surface area contributed by atoms with Crippen LogP contribution in [0.4, 0.5) is 0 Å². The van der Waals surface area contributed by atoms with Crippen LogP contribution in [0.3, 0.4) is 0 Å². The maximum atomic E-state index is 10.9. The Labute approximate surface area is 99.6 Å². The fourth-order valence-corrected chi connectivity index (χ4v) is 2.34. The maximum absolute atomic E-state index is 10.9. The zero-order valence-corrected chi connectivity index (χ0v) is 9.93. The lowest BCUT2D eigenvalue weighted by atomic mass is 10.2. The van der Waals surface area contributed by atoms with E-state index >= 15 is 0 Å². The van der Waals surface area contributed by atoms with E-state index in [9.17, 15) is 4.79 Å². The van der Waals surface area contributed by atoms with E-state index in [-0.39, 0.29) is 6.54 Å². The minimum Gasteiger partial charge on any atom is -0.480 e. The number of nitrogens with zero attached hydrogens (tertiary/aromatic N) is 3. The van der Waals surface area contributed by atoms with Gasteiger partial charge in [-0.05, 0) is 19.8 Å². The van der Waals surface area contributed by atoms with Crippen molar-refractivity contribution in [2.75, 3.05) is 6.54 Å². The molecular weight excluding hydrogens is 222 g/mol. The minimum atomic E-state index is -0.800. The molecule has 0 aromatic carbocycles. The van der Waals surface area contributed by atoms with Crippen molar-refractivity contribution in [3.05, 3.63) is 11.4 Å². The second kappa shape index (κ2) is 5.27. The molecule has 0 bridgehead atoms. The smallest absolute Gasteiger partial charge is 0.317 e. The Morgan fingerprint density at radius 2 is 2.18 bits per heavy atom. The number of aliphatic carboxylic acids is 1. The number of carboxylic acids is 1. The van der Waals surface area contributed by atoms with Gasteiger partial charge in [-0.25, -0.2) is 4.63 Å². The Bertz CT molecular complexity index is 385. The Hall–Kier alpha value is -1.43. The molecular formula is C11H17N3O3. The first-order chi connectivity index (χ1) is 8.16. The fourth-order valence-electron chi connectivity index (χ4n) is 2.34. The van der Waals surface area contributed by atoms with Gasteiger partial charge < -0.3 is 5.11 Å². The van der Waals surface area contributed by atoms with Crippen molar-refractivity contribution < 1.29 is 14.5 Å². The molecule has 1 aliphatic carbocycles. The highest BCUT2D eigenvalue weighted by atomic mass is 16.6. The largest absolute Gasteiger partial charge is 0.480 e. The highest BCUT2D eigenvalue weighted by Gasteiger charge is 2.25. The molecule has 0 atom stereocenters. The Morgan fingerprint density at radius 1 is 1.47 bits per heavy atom. The van der Waals surface area contributed by atoms with Crippen LogP contribution in [0.5, 0.6) is 0 Å². The van der Waals surface area contributed by atoms with Crippen molar-refractivity contribution in [3.63, 3.8) is 0 Å². The molecule has 0 aliphatic heterocycles. The molecule has 1 aromatic heterocycles. The van der Waals surface area contributed by atoms with Crippen LogP contribution in [-0.4, -0.2) is 38.9 Å². The van der Waals surface area contributed by atoms with Crippen molar-refractivity contribution in [2.45, 2.75) is 45.2 Å². The molecule has 0 radical (unpaired) electrons. The summed E-state index contributed by atoms with van der Waals surface area (Å²) in [5.74, 6) is -0.800. The molecule has 0 amide bonds. The molecule has 6 heteroatoms. The number of hydrogen-bond donors (Lipinski definition) is 1. The van der Waals surface area contributed by atoms with Gasteiger partial charge in [-0.2, -0.15) is 0 Å². The van der Waals surface area contributed by atoms with Crippen LogP contribution in [0.25, 0.3) is 0 Å². The van der Waals surface area contributed by atoms with Crippen molar-refractivity contribution in [1.29, 1.82) is 0 Å². The molecule has 6 nitrogen and oxygen atoms in total. The molecule has 1 N–H and O–H groups in total. The summed E-state index contributed by atoms with van der Waals surface area (Å²) < 4.78 is 4.64. The van der Waals surface area contributed by atoms with Crippen LogP contribution in [-0.2, 0) is 11.3 Å². The van der Waals surface area contributed by atoms with Gasteiger partial charge in [-0.3, -0.25) is 9.69 Å². The van der Waals surface area contributed by atoms with Crippen molar-refractivity contribution in [2.24, 2.45) is 0 Å². The first-order valence-corrected chi connectivity index (χ1v) is 5.90. The van der Waals surface area contributed by atoms with E-state index in [4.69, 9.17) is 5.11 Å². The van der Waals surface area contributed by atoms with Gasteiger partial charge in [0.1, 0.15) is 11.4 Å². The van der Waals surface area contributed by atoms with E-state index in [0.717, 1.165) is 24.2 Å². The van der Waals surface area contributed by atoms with E-state index in [1.165, 1.54) is 12.8 Å². The predicted molar refractivity (Wildman–Crippen MR) is 59.3 cm³/mol. The van der Waals surface area contributed by atoms with Crippen molar-refractivity contribution in [3.8, 4) is 0 Å². The molecule has 1 heterocycles. The molecule has 94 valence electrons. The summed E-state index contributed by atoms with van der Waals surface area (Å²) in [5, 5.41) is 16.5. The van der Waals surface area contributed by atoms with Crippen LogP contribution in [0.15, 0.2) is 4.63 Å². The van der Waals surface area contributed by atoms with Crippen LogP contribution in [0.1, 0.15) is 37.1 Å². The molecule has 1 fully saturated rings. The summed E-state index contributed by atoms with van der Waals surface area (Å²) in [6.07, 6.45) is 4.49. The molecule has 0 spiro atoms. The summed E-state index contributed by atoms with van der Waals surface area (Å²) in [6, 6.07) is 0.349. The zero-order chi connectivity index (χ0) is 12.3. The molecule has 0 saturated heterocycles. The highest BCUT2D eigenvalue weighted by Crippen LogP contribution is 2.24. The average Bonchev–Trinajstić information content (AvgIpc) is 2.89. The minimum absolute atomic E-state index is 0.0525. The van der Waals surface area contributed by atoms with Gasteiger partial charge in [0.2, 0.25) is 0 Å². The SMILES string of the molecule is Cc1nonc1CN(CC(=O)O)C1CCCC1. The first kappa shape index (κ1) is 12.0. The fraction of sp³-hybridized carbons (Fsp3) is 0.727. The van der Waals surface area contributed by atoms with E-state index in [0.29, 0.717) is 12.6 Å². The topological polar surface area (TPSA) is 79.5 Å². The van der Waals surface area contributed by atoms with Crippen molar-refractivity contribution >= 4 is 5.97 Å². The third kappa shape index (κ3) is 3.03. The van der Waals surface area contributed by atoms with Crippen LogP contribution < -0.4 is 0 Å². The molecule has 1 saturated carbocycles. The third-order valence-corrected chi connectivity index (χ3v) is 3.28. The number of aromatic nitrogens is 2.